The molecule has 4 rings (SSSR count). The lowest BCUT2D eigenvalue weighted by atomic mass is 10.1. The summed E-state index contributed by atoms with van der Waals surface area (Å²) in [5.41, 5.74) is 3.62. The van der Waals surface area contributed by atoms with Gasteiger partial charge in [0.05, 0.1) is 31.5 Å². The van der Waals surface area contributed by atoms with Gasteiger partial charge in [-0.25, -0.2) is 0 Å². The molecule has 1 aromatic heterocycles. The molecular formula is C22H22ClN3O3. The Bertz CT molecular complexity index is 1000. The lowest BCUT2D eigenvalue weighted by Crippen LogP contribution is -2.32. The number of nitrogens with one attached hydrogen (secondary N) is 1. The zero-order chi connectivity index (χ0) is 20.2. The number of hydrogen-bond donors (Lipinski definition) is 1. The van der Waals surface area contributed by atoms with Crippen LogP contribution in [0.4, 0.5) is 0 Å². The molecule has 2 aromatic carbocycles. The van der Waals surface area contributed by atoms with Gasteiger partial charge in [-0.05, 0) is 35.7 Å². The van der Waals surface area contributed by atoms with Crippen molar-refractivity contribution in [3.63, 3.8) is 0 Å². The fourth-order valence-corrected chi connectivity index (χ4v) is 3.65. The average molecular weight is 412 g/mol. The average Bonchev–Trinajstić information content (AvgIpc) is 3.15. The minimum Gasteiger partial charge on any atom is -0.496 e. The second-order valence-corrected chi connectivity index (χ2v) is 7.32. The van der Waals surface area contributed by atoms with E-state index in [9.17, 15) is 4.79 Å². The van der Waals surface area contributed by atoms with Crippen molar-refractivity contribution in [3.8, 4) is 5.75 Å². The van der Waals surface area contributed by atoms with Crippen LogP contribution in [0.5, 0.6) is 5.75 Å². The molecule has 150 valence electrons. The van der Waals surface area contributed by atoms with Gasteiger partial charge in [-0.3, -0.25) is 9.48 Å². The summed E-state index contributed by atoms with van der Waals surface area (Å²) in [6, 6.07) is 15.1. The Kier molecular flexibility index (Phi) is 5.83. The molecule has 1 aliphatic heterocycles. The van der Waals surface area contributed by atoms with Gasteiger partial charge < -0.3 is 14.8 Å². The second-order valence-electron chi connectivity index (χ2n) is 6.89. The number of halogens is 1. The van der Waals surface area contributed by atoms with Crippen LogP contribution in [0.1, 0.15) is 33.3 Å². The summed E-state index contributed by atoms with van der Waals surface area (Å²) in [5.74, 6) is 0.216. The minimum atomic E-state index is -0.287. The van der Waals surface area contributed by atoms with Gasteiger partial charge in [0, 0.05) is 17.8 Å². The Hall–Kier alpha value is -2.83. The molecule has 0 saturated carbocycles. The normalized spacial score (nSPS) is 15.6. The Morgan fingerprint density at radius 1 is 1.31 bits per heavy atom. The van der Waals surface area contributed by atoms with Crippen LogP contribution in [0, 0.1) is 0 Å². The van der Waals surface area contributed by atoms with E-state index in [1.807, 2.05) is 22.9 Å². The lowest BCUT2D eigenvalue weighted by Gasteiger charge is -2.22. The van der Waals surface area contributed by atoms with E-state index in [2.05, 4.69) is 23.6 Å². The third-order valence-corrected chi connectivity index (χ3v) is 5.14. The standard InChI is InChI=1S/C22H22ClN3O3/c1-28-19-8-7-17(23)11-18(19)22(27)24-12-20-21-16(9-10-29-20)14-26(25-21)13-15-5-3-2-4-6-15/h2-8,11,14,20H,9-10,12-13H2,1H3,(H,24,27)/t20-/m1/s1. The number of aromatic nitrogens is 2. The maximum atomic E-state index is 12.6. The SMILES string of the molecule is COc1ccc(Cl)cc1C(=O)NC[C@H]1OCCc2cn(Cc3ccccc3)nc21. The monoisotopic (exact) mass is 411 g/mol. The van der Waals surface area contributed by atoms with Crippen molar-refractivity contribution in [3.05, 3.63) is 82.1 Å². The molecule has 3 aromatic rings. The van der Waals surface area contributed by atoms with E-state index in [-0.39, 0.29) is 12.0 Å². The first-order valence-corrected chi connectivity index (χ1v) is 9.85. The van der Waals surface area contributed by atoms with E-state index < -0.39 is 0 Å². The summed E-state index contributed by atoms with van der Waals surface area (Å²) in [6.07, 6.45) is 2.60. The van der Waals surface area contributed by atoms with Gasteiger partial charge in [-0.2, -0.15) is 5.10 Å². The third kappa shape index (κ3) is 4.44. The van der Waals surface area contributed by atoms with E-state index in [0.717, 1.165) is 17.7 Å². The summed E-state index contributed by atoms with van der Waals surface area (Å²) < 4.78 is 13.1. The number of nitrogens with zero attached hydrogens (tertiary/aromatic N) is 2. The van der Waals surface area contributed by atoms with E-state index in [1.165, 1.54) is 12.7 Å². The minimum absolute atomic E-state index is 0.260. The van der Waals surface area contributed by atoms with Gasteiger partial charge in [-0.1, -0.05) is 41.9 Å². The zero-order valence-electron chi connectivity index (χ0n) is 16.1. The van der Waals surface area contributed by atoms with Crippen LogP contribution in [-0.2, 0) is 17.7 Å². The maximum absolute atomic E-state index is 12.6. The molecule has 0 unspecified atom stereocenters. The summed E-state index contributed by atoms with van der Waals surface area (Å²) in [7, 11) is 1.52. The van der Waals surface area contributed by atoms with Gasteiger partial charge in [-0.15, -0.1) is 0 Å². The summed E-state index contributed by atoms with van der Waals surface area (Å²) in [4.78, 5) is 12.6. The van der Waals surface area contributed by atoms with Gasteiger partial charge in [0.25, 0.3) is 5.91 Å². The number of ether oxygens (including phenoxy) is 2. The fraction of sp³-hybridized carbons (Fsp3) is 0.273. The topological polar surface area (TPSA) is 65.4 Å². The Morgan fingerprint density at radius 3 is 2.93 bits per heavy atom. The number of amides is 1. The highest BCUT2D eigenvalue weighted by molar-refractivity contribution is 6.31. The maximum Gasteiger partial charge on any atom is 0.255 e. The molecule has 0 radical (unpaired) electrons. The van der Waals surface area contributed by atoms with Gasteiger partial charge in [0.2, 0.25) is 0 Å². The smallest absolute Gasteiger partial charge is 0.255 e. The Morgan fingerprint density at radius 2 is 2.14 bits per heavy atom. The van der Waals surface area contributed by atoms with Gasteiger partial charge >= 0.3 is 0 Å². The summed E-state index contributed by atoms with van der Waals surface area (Å²) >= 11 is 6.03. The van der Waals surface area contributed by atoms with Crippen molar-refractivity contribution in [2.75, 3.05) is 20.3 Å². The molecule has 29 heavy (non-hydrogen) atoms. The first-order valence-electron chi connectivity index (χ1n) is 9.47. The highest BCUT2D eigenvalue weighted by atomic mass is 35.5. The molecule has 2 heterocycles. The number of benzene rings is 2. The van der Waals surface area contributed by atoms with E-state index in [0.29, 0.717) is 36.0 Å². The third-order valence-electron chi connectivity index (χ3n) is 4.91. The number of methoxy groups -OCH3 is 1. The van der Waals surface area contributed by atoms with Crippen molar-refractivity contribution < 1.29 is 14.3 Å². The van der Waals surface area contributed by atoms with Crippen LogP contribution < -0.4 is 10.1 Å². The van der Waals surface area contributed by atoms with Crippen LogP contribution in [0.15, 0.2) is 54.7 Å². The van der Waals surface area contributed by atoms with Crippen molar-refractivity contribution in [1.82, 2.24) is 15.1 Å². The lowest BCUT2D eigenvalue weighted by molar-refractivity contribution is 0.0383. The van der Waals surface area contributed by atoms with Crippen LogP contribution in [-0.4, -0.2) is 35.9 Å². The molecule has 1 aliphatic rings. The number of carbonyl (C=O) groups is 1. The quantitative estimate of drug-likeness (QED) is 0.672. The molecule has 0 fully saturated rings. The van der Waals surface area contributed by atoms with Crippen molar-refractivity contribution in [2.24, 2.45) is 0 Å². The number of fused-ring (bicyclic) bond motifs is 1. The van der Waals surface area contributed by atoms with Crippen LogP contribution in [0.25, 0.3) is 0 Å². The molecule has 1 amide bonds. The van der Waals surface area contributed by atoms with E-state index >= 15 is 0 Å². The number of carbonyl (C=O) groups excluding carboxylic acids is 1. The van der Waals surface area contributed by atoms with Crippen molar-refractivity contribution >= 4 is 17.5 Å². The molecule has 0 bridgehead atoms. The molecule has 1 N–H and O–H groups in total. The van der Waals surface area contributed by atoms with E-state index in [1.54, 1.807) is 18.2 Å². The Balaban J connectivity index is 1.46. The van der Waals surface area contributed by atoms with Gasteiger partial charge in [0.15, 0.2) is 0 Å². The molecule has 0 spiro atoms. The molecule has 0 saturated heterocycles. The summed E-state index contributed by atoms with van der Waals surface area (Å²) in [6.45, 7) is 1.63. The number of rotatable bonds is 6. The second kappa shape index (κ2) is 8.68. The highest BCUT2D eigenvalue weighted by Crippen LogP contribution is 2.26. The number of hydrogen-bond acceptors (Lipinski definition) is 4. The molecule has 7 heteroatoms. The van der Waals surface area contributed by atoms with Crippen LogP contribution in [0.3, 0.4) is 0 Å². The van der Waals surface area contributed by atoms with Crippen LogP contribution in [0.2, 0.25) is 5.02 Å². The first-order chi connectivity index (χ1) is 14.1. The summed E-state index contributed by atoms with van der Waals surface area (Å²) in [5, 5.41) is 8.12. The molecule has 6 nitrogen and oxygen atoms in total. The van der Waals surface area contributed by atoms with Gasteiger partial charge in [0.1, 0.15) is 11.9 Å². The first kappa shape index (κ1) is 19.5. The Labute approximate surface area is 174 Å². The van der Waals surface area contributed by atoms with E-state index in [4.69, 9.17) is 26.2 Å². The molecule has 1 atom stereocenters. The predicted molar refractivity (Wildman–Crippen MR) is 111 cm³/mol. The molecular weight excluding hydrogens is 390 g/mol. The largest absolute Gasteiger partial charge is 0.496 e. The highest BCUT2D eigenvalue weighted by Gasteiger charge is 2.26. The van der Waals surface area contributed by atoms with Crippen molar-refractivity contribution in [1.29, 1.82) is 0 Å². The van der Waals surface area contributed by atoms with Crippen molar-refractivity contribution in [2.45, 2.75) is 19.1 Å². The fourth-order valence-electron chi connectivity index (χ4n) is 3.48. The molecule has 0 aliphatic carbocycles. The van der Waals surface area contributed by atoms with Crippen LogP contribution >= 0.6 is 11.6 Å². The zero-order valence-corrected chi connectivity index (χ0v) is 16.9. The predicted octanol–water partition coefficient (Wildman–Crippen LogP) is 3.64.